The Labute approximate surface area is 104 Å². The number of hydrogen-bond donors (Lipinski definition) is 1. The van der Waals surface area contributed by atoms with Crippen molar-refractivity contribution >= 4 is 31.9 Å². The average molecular weight is 265 g/mol. The molecule has 0 bridgehead atoms. The number of nitrogen functional groups attached to an aromatic ring is 1. The predicted molar refractivity (Wildman–Crippen MR) is 68.8 cm³/mol. The van der Waals surface area contributed by atoms with Gasteiger partial charge in [0, 0.05) is 16.8 Å². The molecule has 0 unspecified atom stereocenters. The van der Waals surface area contributed by atoms with Crippen molar-refractivity contribution in [2.24, 2.45) is 0 Å². The van der Waals surface area contributed by atoms with Crippen LogP contribution in [0.2, 0.25) is 0 Å². The van der Waals surface area contributed by atoms with E-state index in [1.807, 2.05) is 0 Å². The van der Waals surface area contributed by atoms with E-state index in [2.05, 4.69) is 0 Å². The molecule has 2 rings (SSSR count). The van der Waals surface area contributed by atoms with Gasteiger partial charge in [0.15, 0.2) is 0 Å². The normalized spacial score (nSPS) is 11.4. The lowest BCUT2D eigenvalue weighted by Crippen LogP contribution is -2.04. The SMILES string of the molecule is COc1cc(S(=O)(=O)C=O)c2ccccc2c1N. The molecule has 0 heterocycles. The summed E-state index contributed by atoms with van der Waals surface area (Å²) in [5.41, 5.74) is 6.14. The number of fused-ring (bicyclic) bond motifs is 1. The monoisotopic (exact) mass is 265 g/mol. The quantitative estimate of drug-likeness (QED) is 0.669. The summed E-state index contributed by atoms with van der Waals surface area (Å²) in [4.78, 5) is 10.6. The average Bonchev–Trinajstić information content (AvgIpc) is 2.39. The largest absolute Gasteiger partial charge is 0.495 e. The van der Waals surface area contributed by atoms with Crippen LogP contribution in [0.4, 0.5) is 5.69 Å². The van der Waals surface area contributed by atoms with Crippen LogP contribution >= 0.6 is 0 Å². The van der Waals surface area contributed by atoms with Crippen molar-refractivity contribution in [3.8, 4) is 5.75 Å². The highest BCUT2D eigenvalue weighted by atomic mass is 32.2. The summed E-state index contributed by atoms with van der Waals surface area (Å²) in [7, 11) is -2.60. The Morgan fingerprint density at radius 1 is 1.22 bits per heavy atom. The number of sulfone groups is 1. The van der Waals surface area contributed by atoms with Crippen LogP contribution in [-0.4, -0.2) is 21.1 Å². The summed E-state index contributed by atoms with van der Waals surface area (Å²) in [6.07, 6.45) is 0. The van der Waals surface area contributed by atoms with Crippen LogP contribution in [-0.2, 0) is 14.6 Å². The Morgan fingerprint density at radius 2 is 1.83 bits per heavy atom. The highest BCUT2D eigenvalue weighted by Crippen LogP contribution is 2.35. The highest BCUT2D eigenvalue weighted by Gasteiger charge is 2.20. The van der Waals surface area contributed by atoms with Crippen LogP contribution < -0.4 is 10.5 Å². The third kappa shape index (κ3) is 1.80. The van der Waals surface area contributed by atoms with E-state index in [0.717, 1.165) is 0 Å². The summed E-state index contributed by atoms with van der Waals surface area (Å²) in [6, 6.07) is 7.95. The van der Waals surface area contributed by atoms with Gasteiger partial charge in [0.2, 0.25) is 15.5 Å². The van der Waals surface area contributed by atoms with Crippen LogP contribution in [0, 0.1) is 0 Å². The fraction of sp³-hybridized carbons (Fsp3) is 0.0833. The second kappa shape index (κ2) is 4.30. The Balaban J connectivity index is 2.98. The van der Waals surface area contributed by atoms with E-state index in [0.29, 0.717) is 16.5 Å². The molecule has 0 aliphatic heterocycles. The number of hydrogen-bond acceptors (Lipinski definition) is 5. The summed E-state index contributed by atoms with van der Waals surface area (Å²) in [5.74, 6) is 0.231. The van der Waals surface area contributed by atoms with Gasteiger partial charge in [-0.3, -0.25) is 4.79 Å². The smallest absolute Gasteiger partial charge is 0.238 e. The number of ether oxygens (including phenoxy) is 1. The number of benzene rings is 2. The molecule has 5 nitrogen and oxygen atoms in total. The maximum Gasteiger partial charge on any atom is 0.238 e. The van der Waals surface area contributed by atoms with Gasteiger partial charge in [0.05, 0.1) is 17.7 Å². The topological polar surface area (TPSA) is 86.5 Å². The van der Waals surface area contributed by atoms with Gasteiger partial charge in [-0.05, 0) is 0 Å². The molecule has 2 N–H and O–H groups in total. The fourth-order valence-corrected chi connectivity index (χ4v) is 2.66. The third-order valence-corrected chi connectivity index (χ3v) is 3.87. The number of methoxy groups -OCH3 is 1. The van der Waals surface area contributed by atoms with E-state index >= 15 is 0 Å². The Kier molecular flexibility index (Phi) is 2.96. The zero-order chi connectivity index (χ0) is 13.3. The van der Waals surface area contributed by atoms with E-state index in [1.54, 1.807) is 24.3 Å². The van der Waals surface area contributed by atoms with Crippen molar-refractivity contribution in [1.29, 1.82) is 0 Å². The van der Waals surface area contributed by atoms with Crippen molar-refractivity contribution < 1.29 is 17.9 Å². The van der Waals surface area contributed by atoms with Crippen LogP contribution in [0.5, 0.6) is 5.75 Å². The molecule has 6 heteroatoms. The summed E-state index contributed by atoms with van der Waals surface area (Å²) < 4.78 is 28.5. The van der Waals surface area contributed by atoms with E-state index in [4.69, 9.17) is 10.5 Å². The molecule has 0 amide bonds. The maximum absolute atomic E-state index is 11.7. The number of rotatable bonds is 3. The van der Waals surface area contributed by atoms with Gasteiger partial charge in [-0.25, -0.2) is 8.42 Å². The zero-order valence-electron chi connectivity index (χ0n) is 9.58. The van der Waals surface area contributed by atoms with Crippen molar-refractivity contribution in [2.75, 3.05) is 12.8 Å². The van der Waals surface area contributed by atoms with Crippen LogP contribution in [0.1, 0.15) is 0 Å². The van der Waals surface area contributed by atoms with E-state index in [1.165, 1.54) is 13.2 Å². The Morgan fingerprint density at radius 3 is 2.39 bits per heavy atom. The van der Waals surface area contributed by atoms with Gasteiger partial charge < -0.3 is 10.5 Å². The van der Waals surface area contributed by atoms with E-state index in [-0.39, 0.29) is 16.3 Å². The first-order valence-corrected chi connectivity index (χ1v) is 6.61. The number of carbonyl (C=O) groups is 1. The molecule has 0 aliphatic rings. The van der Waals surface area contributed by atoms with Crippen LogP contribution in [0.15, 0.2) is 35.2 Å². The molecule has 0 saturated heterocycles. The fourth-order valence-electron chi connectivity index (χ4n) is 1.80. The molecule has 2 aromatic rings. The first kappa shape index (κ1) is 12.4. The number of carbonyl (C=O) groups excluding carboxylic acids is 1. The van der Waals surface area contributed by atoms with Gasteiger partial charge in [0.1, 0.15) is 5.75 Å². The highest BCUT2D eigenvalue weighted by molar-refractivity contribution is 8.04. The molecular weight excluding hydrogens is 254 g/mol. The second-order valence-electron chi connectivity index (χ2n) is 3.68. The lowest BCUT2D eigenvalue weighted by atomic mass is 10.1. The molecular formula is C12H11NO4S. The third-order valence-electron chi connectivity index (χ3n) is 2.66. The first-order valence-electron chi connectivity index (χ1n) is 5.06. The van der Waals surface area contributed by atoms with Crippen molar-refractivity contribution in [2.45, 2.75) is 4.90 Å². The summed E-state index contributed by atoms with van der Waals surface area (Å²) >= 11 is 0. The molecule has 0 aromatic heterocycles. The Hall–Kier alpha value is -2.08. The van der Waals surface area contributed by atoms with Crippen molar-refractivity contribution in [3.63, 3.8) is 0 Å². The molecule has 94 valence electrons. The van der Waals surface area contributed by atoms with Crippen LogP contribution in [0.3, 0.4) is 0 Å². The molecule has 0 saturated carbocycles. The molecule has 18 heavy (non-hydrogen) atoms. The van der Waals surface area contributed by atoms with Gasteiger partial charge in [0.25, 0.3) is 0 Å². The molecule has 0 fully saturated rings. The van der Waals surface area contributed by atoms with Crippen LogP contribution in [0.25, 0.3) is 10.8 Å². The van der Waals surface area contributed by atoms with Gasteiger partial charge in [-0.15, -0.1) is 0 Å². The van der Waals surface area contributed by atoms with Crippen molar-refractivity contribution in [3.05, 3.63) is 30.3 Å². The minimum absolute atomic E-state index is 0.0790. The van der Waals surface area contributed by atoms with Gasteiger partial charge in [-0.2, -0.15) is 0 Å². The van der Waals surface area contributed by atoms with Gasteiger partial charge >= 0.3 is 0 Å². The molecule has 0 spiro atoms. The summed E-state index contributed by atoms with van der Waals surface area (Å²) in [6.45, 7) is 0. The molecule has 0 aliphatic carbocycles. The van der Waals surface area contributed by atoms with E-state index < -0.39 is 9.84 Å². The Bertz CT molecular complexity index is 722. The van der Waals surface area contributed by atoms with Crippen molar-refractivity contribution in [1.82, 2.24) is 0 Å². The molecule has 0 atom stereocenters. The predicted octanol–water partition coefficient (Wildman–Crippen LogP) is 1.39. The number of nitrogens with two attached hydrogens (primary N) is 1. The molecule has 2 aromatic carbocycles. The zero-order valence-corrected chi connectivity index (χ0v) is 10.4. The lowest BCUT2D eigenvalue weighted by Gasteiger charge is -2.11. The minimum atomic E-state index is -3.99. The van der Waals surface area contributed by atoms with Gasteiger partial charge in [-0.1, -0.05) is 24.3 Å². The summed E-state index contributed by atoms with van der Waals surface area (Å²) in [5, 5.41) is 0.945. The molecule has 0 radical (unpaired) electrons. The minimum Gasteiger partial charge on any atom is -0.495 e. The standard InChI is InChI=1S/C12H11NO4S/c1-17-10-6-11(18(15,16)7-14)8-4-2-3-5-9(8)12(10)13/h2-7H,13H2,1H3. The maximum atomic E-state index is 11.7. The lowest BCUT2D eigenvalue weighted by molar-refractivity contribution is 0.416. The second-order valence-corrected chi connectivity index (χ2v) is 5.40. The number of anilines is 1. The first-order chi connectivity index (χ1) is 8.51. The van der Waals surface area contributed by atoms with E-state index in [9.17, 15) is 13.2 Å².